The average Bonchev–Trinajstić information content (AvgIpc) is 3.24. The van der Waals surface area contributed by atoms with Gasteiger partial charge in [-0.15, -0.1) is 0 Å². The Labute approximate surface area is 236 Å². The van der Waals surface area contributed by atoms with Gasteiger partial charge in [-0.05, 0) is 75.2 Å². The smallest absolute Gasteiger partial charge is 0.338 e. The molecule has 3 aromatic carbocycles. The Kier molecular flexibility index (Phi) is 7.89. The van der Waals surface area contributed by atoms with Gasteiger partial charge in [0.15, 0.2) is 4.80 Å². The standard InChI is InChI=1S/C32H32N2O5S/c1-6-37-23-15-13-21-14-16-26(38-7-2)25(24(21)17-23)18-27-30(35)34-29(22-11-9-19(4)10-12-22)28(31(36)39-8-3)20(5)33-32(34)40-27/h9-18,29H,6-8H2,1-5H3/b27-18+/t29-/m1/s1. The number of hydrogen-bond donors (Lipinski definition) is 0. The van der Waals surface area contributed by atoms with Gasteiger partial charge in [0.05, 0.1) is 41.7 Å². The van der Waals surface area contributed by atoms with Crippen LogP contribution < -0.4 is 24.4 Å². The number of hydrogen-bond acceptors (Lipinski definition) is 7. The fourth-order valence-corrected chi connectivity index (χ4v) is 6.00. The fraction of sp³-hybridized carbons (Fsp3) is 0.281. The predicted octanol–water partition coefficient (Wildman–Crippen LogP) is 5.06. The van der Waals surface area contributed by atoms with E-state index in [0.717, 1.165) is 33.2 Å². The number of ether oxygens (including phenoxy) is 3. The molecule has 0 N–H and O–H groups in total. The maximum Gasteiger partial charge on any atom is 0.338 e. The Morgan fingerprint density at radius 3 is 2.40 bits per heavy atom. The zero-order valence-electron chi connectivity index (χ0n) is 23.3. The average molecular weight is 557 g/mol. The van der Waals surface area contributed by atoms with Crippen molar-refractivity contribution in [3.05, 3.63) is 102 Å². The van der Waals surface area contributed by atoms with Crippen LogP contribution in [0.3, 0.4) is 0 Å². The Morgan fingerprint density at radius 1 is 0.975 bits per heavy atom. The molecule has 7 nitrogen and oxygen atoms in total. The third-order valence-corrected chi connectivity index (χ3v) is 7.77. The van der Waals surface area contributed by atoms with Gasteiger partial charge in [0.1, 0.15) is 11.5 Å². The molecule has 0 fully saturated rings. The molecule has 1 aliphatic rings. The van der Waals surface area contributed by atoms with Gasteiger partial charge in [-0.3, -0.25) is 9.36 Å². The summed E-state index contributed by atoms with van der Waals surface area (Å²) in [6, 6.07) is 17.0. The van der Waals surface area contributed by atoms with Crippen LogP contribution in [0.15, 0.2) is 75.7 Å². The lowest BCUT2D eigenvalue weighted by molar-refractivity contribution is -0.139. The number of aromatic nitrogens is 1. The number of rotatable bonds is 8. The second-order valence-electron chi connectivity index (χ2n) is 9.44. The predicted molar refractivity (Wildman–Crippen MR) is 158 cm³/mol. The number of carbonyl (C=O) groups excluding carboxylic acids is 1. The SMILES string of the molecule is CCOC(=O)C1=C(C)N=c2s/c(=C/c3c(OCC)ccc4ccc(OCC)cc34)c(=O)n2[C@@H]1c1ccc(C)cc1. The molecule has 0 saturated carbocycles. The number of esters is 1. The Hall–Kier alpha value is -4.17. The van der Waals surface area contributed by atoms with Crippen LogP contribution >= 0.6 is 11.3 Å². The van der Waals surface area contributed by atoms with E-state index in [1.54, 1.807) is 18.4 Å². The summed E-state index contributed by atoms with van der Waals surface area (Å²) in [5.41, 5.74) is 3.37. The lowest BCUT2D eigenvalue weighted by Gasteiger charge is -2.24. The second kappa shape index (κ2) is 11.5. The molecule has 5 rings (SSSR count). The van der Waals surface area contributed by atoms with Gasteiger partial charge in [0.25, 0.3) is 5.56 Å². The van der Waals surface area contributed by atoms with E-state index in [9.17, 15) is 9.59 Å². The maximum atomic E-state index is 14.1. The van der Waals surface area contributed by atoms with Crippen molar-refractivity contribution < 1.29 is 19.0 Å². The third-order valence-electron chi connectivity index (χ3n) is 6.79. The van der Waals surface area contributed by atoms with Crippen LogP contribution in [0, 0.1) is 6.92 Å². The molecule has 8 heteroatoms. The van der Waals surface area contributed by atoms with Crippen molar-refractivity contribution in [2.75, 3.05) is 19.8 Å². The molecule has 0 spiro atoms. The highest BCUT2D eigenvalue weighted by atomic mass is 32.1. The van der Waals surface area contributed by atoms with E-state index in [0.29, 0.717) is 39.6 Å². The Morgan fingerprint density at radius 2 is 1.70 bits per heavy atom. The van der Waals surface area contributed by atoms with Gasteiger partial charge in [0, 0.05) is 5.56 Å². The number of fused-ring (bicyclic) bond motifs is 2. The summed E-state index contributed by atoms with van der Waals surface area (Å²) in [5, 5.41) is 1.92. The van der Waals surface area contributed by atoms with E-state index in [1.165, 1.54) is 11.3 Å². The first-order chi connectivity index (χ1) is 19.4. The minimum Gasteiger partial charge on any atom is -0.494 e. The summed E-state index contributed by atoms with van der Waals surface area (Å²) in [6.07, 6.45) is 1.86. The lowest BCUT2D eigenvalue weighted by atomic mass is 9.95. The summed E-state index contributed by atoms with van der Waals surface area (Å²) in [7, 11) is 0. The lowest BCUT2D eigenvalue weighted by Crippen LogP contribution is -2.39. The van der Waals surface area contributed by atoms with Gasteiger partial charge in [-0.1, -0.05) is 53.3 Å². The van der Waals surface area contributed by atoms with Gasteiger partial charge in [0.2, 0.25) is 0 Å². The molecule has 4 aromatic rings. The molecule has 1 aromatic heterocycles. The quantitative estimate of drug-likeness (QED) is 0.284. The number of aryl methyl sites for hydroxylation is 1. The molecule has 1 aliphatic heterocycles. The second-order valence-corrected chi connectivity index (χ2v) is 10.4. The Balaban J connectivity index is 1.77. The summed E-state index contributed by atoms with van der Waals surface area (Å²) < 4.78 is 19.2. The highest BCUT2D eigenvalue weighted by molar-refractivity contribution is 7.07. The van der Waals surface area contributed by atoms with E-state index in [1.807, 2.05) is 81.4 Å². The number of benzene rings is 3. The summed E-state index contributed by atoms with van der Waals surface area (Å²) >= 11 is 1.29. The van der Waals surface area contributed by atoms with Crippen molar-refractivity contribution in [1.82, 2.24) is 4.57 Å². The highest BCUT2D eigenvalue weighted by Gasteiger charge is 2.33. The van der Waals surface area contributed by atoms with Gasteiger partial charge in [-0.25, -0.2) is 9.79 Å². The first-order valence-electron chi connectivity index (χ1n) is 13.4. The topological polar surface area (TPSA) is 79.1 Å². The zero-order chi connectivity index (χ0) is 28.4. The van der Waals surface area contributed by atoms with Crippen LogP contribution in [0.1, 0.15) is 50.4 Å². The van der Waals surface area contributed by atoms with Crippen LogP contribution in [0.5, 0.6) is 11.5 Å². The van der Waals surface area contributed by atoms with Crippen molar-refractivity contribution in [2.24, 2.45) is 4.99 Å². The number of allylic oxidation sites excluding steroid dienone is 1. The minimum absolute atomic E-state index is 0.228. The normalized spacial score (nSPS) is 15.1. The van der Waals surface area contributed by atoms with Crippen molar-refractivity contribution in [1.29, 1.82) is 0 Å². The van der Waals surface area contributed by atoms with Crippen molar-refractivity contribution in [3.63, 3.8) is 0 Å². The van der Waals surface area contributed by atoms with Crippen molar-refractivity contribution in [3.8, 4) is 11.5 Å². The van der Waals surface area contributed by atoms with E-state index >= 15 is 0 Å². The van der Waals surface area contributed by atoms with Crippen LogP contribution in [0.2, 0.25) is 0 Å². The summed E-state index contributed by atoms with van der Waals surface area (Å²) in [6.45, 7) is 10.7. The summed E-state index contributed by atoms with van der Waals surface area (Å²) in [4.78, 5) is 32.5. The van der Waals surface area contributed by atoms with Crippen molar-refractivity contribution >= 4 is 34.2 Å². The van der Waals surface area contributed by atoms with E-state index in [2.05, 4.69) is 0 Å². The molecular formula is C32H32N2O5S. The van der Waals surface area contributed by atoms with E-state index < -0.39 is 12.0 Å². The van der Waals surface area contributed by atoms with E-state index in [-0.39, 0.29) is 12.2 Å². The highest BCUT2D eigenvalue weighted by Crippen LogP contribution is 2.33. The largest absolute Gasteiger partial charge is 0.494 e. The third kappa shape index (κ3) is 5.07. The molecule has 40 heavy (non-hydrogen) atoms. The van der Waals surface area contributed by atoms with Gasteiger partial charge in [-0.2, -0.15) is 0 Å². The molecule has 0 aliphatic carbocycles. The summed E-state index contributed by atoms with van der Waals surface area (Å²) in [5.74, 6) is 0.946. The molecule has 0 saturated heterocycles. The molecular weight excluding hydrogens is 524 g/mol. The van der Waals surface area contributed by atoms with Crippen LogP contribution in [0.25, 0.3) is 16.8 Å². The molecule has 206 valence electrons. The first-order valence-corrected chi connectivity index (χ1v) is 14.3. The van der Waals surface area contributed by atoms with Crippen LogP contribution in [-0.4, -0.2) is 30.4 Å². The molecule has 0 bridgehead atoms. The first kappa shape index (κ1) is 27.4. The fourth-order valence-electron chi connectivity index (χ4n) is 4.98. The minimum atomic E-state index is -0.651. The monoisotopic (exact) mass is 556 g/mol. The number of nitrogens with zero attached hydrogens (tertiary/aromatic N) is 2. The molecule has 0 amide bonds. The maximum absolute atomic E-state index is 14.1. The molecule has 0 radical (unpaired) electrons. The number of carbonyl (C=O) groups is 1. The number of thiazole rings is 1. The van der Waals surface area contributed by atoms with E-state index in [4.69, 9.17) is 19.2 Å². The molecule has 1 atom stereocenters. The van der Waals surface area contributed by atoms with Gasteiger partial charge >= 0.3 is 5.97 Å². The molecule has 2 heterocycles. The Bertz CT molecular complexity index is 1790. The van der Waals surface area contributed by atoms with Crippen molar-refractivity contribution in [2.45, 2.75) is 40.7 Å². The van der Waals surface area contributed by atoms with Crippen LogP contribution in [-0.2, 0) is 9.53 Å². The zero-order valence-corrected chi connectivity index (χ0v) is 24.1. The van der Waals surface area contributed by atoms with Gasteiger partial charge < -0.3 is 14.2 Å². The van der Waals surface area contributed by atoms with Crippen LogP contribution in [0.4, 0.5) is 0 Å². The molecule has 0 unspecified atom stereocenters.